The van der Waals surface area contributed by atoms with E-state index in [4.69, 9.17) is 4.42 Å². The van der Waals surface area contributed by atoms with Gasteiger partial charge in [0, 0.05) is 24.7 Å². The lowest BCUT2D eigenvalue weighted by atomic mass is 10.1. The minimum atomic E-state index is -0.297. The van der Waals surface area contributed by atoms with Crippen LogP contribution in [0.2, 0.25) is 0 Å². The molecule has 2 atom stereocenters. The first-order valence-electron chi connectivity index (χ1n) is 6.54. The van der Waals surface area contributed by atoms with Crippen molar-refractivity contribution in [2.45, 2.75) is 38.8 Å². The number of nitrogens with zero attached hydrogens (tertiary/aromatic N) is 1. The third kappa shape index (κ3) is 4.17. The zero-order valence-corrected chi connectivity index (χ0v) is 11.3. The van der Waals surface area contributed by atoms with E-state index in [-0.39, 0.29) is 11.9 Å². The largest absolute Gasteiger partial charge is 0.469 e. The second kappa shape index (κ2) is 6.48. The lowest BCUT2D eigenvalue weighted by Crippen LogP contribution is -2.29. The summed E-state index contributed by atoms with van der Waals surface area (Å²) < 4.78 is 18.4. The standard InChI is InChI=1S/C15H19FN2O/c1-11(5-6-15-4-3-7-19-15)18-12(2)13-8-14(16)10-17-9-13/h3-4,7-12,18H,5-6H2,1-2H3. The van der Waals surface area contributed by atoms with Crippen molar-refractivity contribution in [1.82, 2.24) is 10.3 Å². The van der Waals surface area contributed by atoms with Crippen molar-refractivity contribution in [3.05, 3.63) is 54.0 Å². The summed E-state index contributed by atoms with van der Waals surface area (Å²) in [5.41, 5.74) is 0.866. The van der Waals surface area contributed by atoms with Crippen LogP contribution in [0.5, 0.6) is 0 Å². The third-order valence-electron chi connectivity index (χ3n) is 3.16. The summed E-state index contributed by atoms with van der Waals surface area (Å²) in [5, 5.41) is 3.44. The Hall–Kier alpha value is -1.68. The molecule has 0 saturated heterocycles. The average Bonchev–Trinajstić information content (AvgIpc) is 2.89. The van der Waals surface area contributed by atoms with E-state index in [1.54, 1.807) is 12.5 Å². The molecule has 0 aliphatic rings. The molecule has 19 heavy (non-hydrogen) atoms. The van der Waals surface area contributed by atoms with Gasteiger partial charge in [-0.15, -0.1) is 0 Å². The van der Waals surface area contributed by atoms with Crippen molar-refractivity contribution in [2.75, 3.05) is 0 Å². The van der Waals surface area contributed by atoms with Gasteiger partial charge in [-0.3, -0.25) is 4.98 Å². The molecule has 2 rings (SSSR count). The van der Waals surface area contributed by atoms with Crippen LogP contribution < -0.4 is 5.32 Å². The smallest absolute Gasteiger partial charge is 0.141 e. The maximum absolute atomic E-state index is 13.1. The summed E-state index contributed by atoms with van der Waals surface area (Å²) in [6, 6.07) is 5.79. The summed E-state index contributed by atoms with van der Waals surface area (Å²) in [6.07, 6.45) is 6.47. The van der Waals surface area contributed by atoms with Gasteiger partial charge in [-0.05, 0) is 44.0 Å². The average molecular weight is 262 g/mol. The van der Waals surface area contributed by atoms with Gasteiger partial charge < -0.3 is 9.73 Å². The monoisotopic (exact) mass is 262 g/mol. The first-order chi connectivity index (χ1) is 9.15. The van der Waals surface area contributed by atoms with Gasteiger partial charge in [-0.1, -0.05) is 0 Å². The fraction of sp³-hybridized carbons (Fsp3) is 0.400. The predicted octanol–water partition coefficient (Wildman–Crippen LogP) is 3.49. The molecule has 0 aliphatic heterocycles. The van der Waals surface area contributed by atoms with E-state index in [0.717, 1.165) is 24.2 Å². The normalized spacial score (nSPS) is 14.3. The zero-order chi connectivity index (χ0) is 13.7. The van der Waals surface area contributed by atoms with Gasteiger partial charge in [0.1, 0.15) is 11.6 Å². The summed E-state index contributed by atoms with van der Waals surface area (Å²) in [5.74, 6) is 0.697. The van der Waals surface area contributed by atoms with Crippen LogP contribution in [0.3, 0.4) is 0 Å². The van der Waals surface area contributed by atoms with E-state index >= 15 is 0 Å². The highest BCUT2D eigenvalue weighted by atomic mass is 19.1. The number of furan rings is 1. The quantitative estimate of drug-likeness (QED) is 0.866. The molecule has 0 aliphatic carbocycles. The van der Waals surface area contributed by atoms with Crippen LogP contribution in [0, 0.1) is 5.82 Å². The van der Waals surface area contributed by atoms with Crippen molar-refractivity contribution in [2.24, 2.45) is 0 Å². The number of pyridine rings is 1. The molecule has 2 aromatic heterocycles. The number of hydrogen-bond donors (Lipinski definition) is 1. The minimum Gasteiger partial charge on any atom is -0.469 e. The lowest BCUT2D eigenvalue weighted by molar-refractivity contribution is 0.429. The maximum Gasteiger partial charge on any atom is 0.141 e. The molecular formula is C15H19FN2O. The van der Waals surface area contributed by atoms with Gasteiger partial charge in [0.25, 0.3) is 0 Å². The molecule has 2 aromatic rings. The summed E-state index contributed by atoms with van der Waals surface area (Å²) in [6.45, 7) is 4.13. The van der Waals surface area contributed by atoms with Crippen molar-refractivity contribution in [3.63, 3.8) is 0 Å². The Bertz CT molecular complexity index is 499. The molecule has 0 fully saturated rings. The summed E-state index contributed by atoms with van der Waals surface area (Å²) >= 11 is 0. The highest BCUT2D eigenvalue weighted by molar-refractivity contribution is 5.14. The molecule has 0 bridgehead atoms. The van der Waals surface area contributed by atoms with Gasteiger partial charge >= 0.3 is 0 Å². The van der Waals surface area contributed by atoms with Gasteiger partial charge in [0.05, 0.1) is 12.5 Å². The third-order valence-corrected chi connectivity index (χ3v) is 3.16. The molecule has 0 aromatic carbocycles. The zero-order valence-electron chi connectivity index (χ0n) is 11.3. The van der Waals surface area contributed by atoms with Crippen molar-refractivity contribution in [3.8, 4) is 0 Å². The molecular weight excluding hydrogens is 243 g/mol. The first kappa shape index (κ1) is 13.7. The summed E-state index contributed by atoms with van der Waals surface area (Å²) in [4.78, 5) is 3.87. The number of halogens is 1. The van der Waals surface area contributed by atoms with E-state index in [1.807, 2.05) is 19.1 Å². The predicted molar refractivity (Wildman–Crippen MR) is 72.2 cm³/mol. The molecule has 0 spiro atoms. The maximum atomic E-state index is 13.1. The molecule has 0 amide bonds. The Morgan fingerprint density at radius 2 is 2.21 bits per heavy atom. The molecule has 102 valence electrons. The van der Waals surface area contributed by atoms with Crippen LogP contribution in [0.15, 0.2) is 41.3 Å². The SMILES string of the molecule is CC(CCc1ccco1)NC(C)c1cncc(F)c1. The van der Waals surface area contributed by atoms with Crippen molar-refractivity contribution < 1.29 is 8.81 Å². The second-order valence-corrected chi connectivity index (χ2v) is 4.84. The molecule has 3 nitrogen and oxygen atoms in total. The van der Waals surface area contributed by atoms with Crippen molar-refractivity contribution in [1.29, 1.82) is 0 Å². The fourth-order valence-electron chi connectivity index (χ4n) is 2.09. The Kier molecular flexibility index (Phi) is 4.68. The Labute approximate surface area is 112 Å². The minimum absolute atomic E-state index is 0.0785. The molecule has 1 N–H and O–H groups in total. The molecule has 0 radical (unpaired) electrons. The molecule has 4 heteroatoms. The van der Waals surface area contributed by atoms with Crippen LogP contribution in [0.1, 0.15) is 37.6 Å². The van der Waals surface area contributed by atoms with Gasteiger partial charge in [0.15, 0.2) is 0 Å². The number of rotatable bonds is 6. The van der Waals surface area contributed by atoms with Crippen LogP contribution >= 0.6 is 0 Å². The lowest BCUT2D eigenvalue weighted by Gasteiger charge is -2.19. The van der Waals surface area contributed by atoms with E-state index in [1.165, 1.54) is 12.3 Å². The van der Waals surface area contributed by atoms with Crippen LogP contribution in [-0.2, 0) is 6.42 Å². The van der Waals surface area contributed by atoms with E-state index in [0.29, 0.717) is 6.04 Å². The number of hydrogen-bond acceptors (Lipinski definition) is 3. The fourth-order valence-corrected chi connectivity index (χ4v) is 2.09. The van der Waals surface area contributed by atoms with Crippen LogP contribution in [-0.4, -0.2) is 11.0 Å². The first-order valence-corrected chi connectivity index (χ1v) is 6.54. The summed E-state index contributed by atoms with van der Waals surface area (Å²) in [7, 11) is 0. The number of nitrogens with one attached hydrogen (secondary N) is 1. The van der Waals surface area contributed by atoms with Crippen LogP contribution in [0.4, 0.5) is 4.39 Å². The highest BCUT2D eigenvalue weighted by Gasteiger charge is 2.11. The molecule has 2 unspecified atom stereocenters. The second-order valence-electron chi connectivity index (χ2n) is 4.84. The van der Waals surface area contributed by atoms with E-state index < -0.39 is 0 Å². The van der Waals surface area contributed by atoms with Crippen molar-refractivity contribution >= 4 is 0 Å². The topological polar surface area (TPSA) is 38.1 Å². The Morgan fingerprint density at radius 3 is 2.89 bits per heavy atom. The van der Waals surface area contributed by atoms with E-state index in [9.17, 15) is 4.39 Å². The molecule has 2 heterocycles. The number of aromatic nitrogens is 1. The van der Waals surface area contributed by atoms with Gasteiger partial charge in [-0.25, -0.2) is 4.39 Å². The Morgan fingerprint density at radius 1 is 1.37 bits per heavy atom. The Balaban J connectivity index is 1.83. The van der Waals surface area contributed by atoms with E-state index in [2.05, 4.69) is 17.2 Å². The number of aryl methyl sites for hydroxylation is 1. The van der Waals surface area contributed by atoms with Gasteiger partial charge in [-0.2, -0.15) is 0 Å². The molecule has 0 saturated carbocycles. The highest BCUT2D eigenvalue weighted by Crippen LogP contribution is 2.14. The van der Waals surface area contributed by atoms with Gasteiger partial charge in [0.2, 0.25) is 0 Å². The van der Waals surface area contributed by atoms with Crippen LogP contribution in [0.25, 0.3) is 0 Å².